The lowest BCUT2D eigenvalue weighted by atomic mass is 10.1. The van der Waals surface area contributed by atoms with Crippen LogP contribution in [0.3, 0.4) is 0 Å². The molecular weight excluding hydrogens is 508 g/mol. The van der Waals surface area contributed by atoms with E-state index in [-0.39, 0.29) is 23.5 Å². The van der Waals surface area contributed by atoms with Crippen molar-refractivity contribution in [2.24, 2.45) is 0 Å². The first-order valence-electron chi connectivity index (χ1n) is 12.1. The Morgan fingerprint density at radius 2 is 1.68 bits per heavy atom. The molecule has 38 heavy (non-hydrogen) atoms. The molecule has 0 saturated carbocycles. The van der Waals surface area contributed by atoms with Gasteiger partial charge in [-0.3, -0.25) is 4.79 Å². The largest absolute Gasteiger partial charge is 0.495 e. The van der Waals surface area contributed by atoms with Gasteiger partial charge in [-0.1, -0.05) is 42.5 Å². The standard InChI is InChI=1S/C28H30N2O7S/c1-19-9-12-25(35-3)24(17-19)29-27(31)26(21-7-5-4-6-8-21)37-28(32)23-18-22(11-10-20(23)2)38(33,34)30-13-15-36-16-14-30/h4-12,17-18,26H,13-16H2,1-3H3,(H,29,31). The number of benzene rings is 3. The van der Waals surface area contributed by atoms with Gasteiger partial charge in [-0.25, -0.2) is 13.2 Å². The van der Waals surface area contributed by atoms with E-state index in [1.54, 1.807) is 55.5 Å². The summed E-state index contributed by atoms with van der Waals surface area (Å²) in [7, 11) is -2.34. The number of carbonyl (C=O) groups is 2. The predicted octanol–water partition coefficient (Wildman–Crippen LogP) is 3.87. The molecule has 0 radical (unpaired) electrons. The average Bonchev–Trinajstić information content (AvgIpc) is 2.92. The molecule has 0 aliphatic carbocycles. The van der Waals surface area contributed by atoms with Crippen LogP contribution in [0.4, 0.5) is 5.69 Å². The normalized spacial score (nSPS) is 14.9. The molecule has 1 amide bonds. The van der Waals surface area contributed by atoms with Crippen LogP contribution in [-0.2, 0) is 24.3 Å². The van der Waals surface area contributed by atoms with E-state index in [2.05, 4.69) is 5.32 Å². The van der Waals surface area contributed by atoms with Crippen LogP contribution in [0.2, 0.25) is 0 Å². The number of methoxy groups -OCH3 is 1. The van der Waals surface area contributed by atoms with E-state index in [0.717, 1.165) is 5.56 Å². The fourth-order valence-corrected chi connectivity index (χ4v) is 5.54. The minimum atomic E-state index is -3.83. The van der Waals surface area contributed by atoms with Crippen LogP contribution in [0.5, 0.6) is 5.75 Å². The van der Waals surface area contributed by atoms with E-state index in [0.29, 0.717) is 35.8 Å². The molecule has 200 valence electrons. The third-order valence-corrected chi connectivity index (χ3v) is 8.11. The number of hydrogen-bond donors (Lipinski definition) is 1. The van der Waals surface area contributed by atoms with Gasteiger partial charge in [-0.2, -0.15) is 4.31 Å². The van der Waals surface area contributed by atoms with Crippen molar-refractivity contribution >= 4 is 27.6 Å². The molecule has 1 atom stereocenters. The highest BCUT2D eigenvalue weighted by Gasteiger charge is 2.30. The SMILES string of the molecule is COc1ccc(C)cc1NC(=O)C(OC(=O)c1cc(S(=O)(=O)N2CCOCC2)ccc1C)c1ccccc1. The third kappa shape index (κ3) is 6.04. The Labute approximate surface area is 222 Å². The number of anilines is 1. The number of nitrogens with one attached hydrogen (secondary N) is 1. The lowest BCUT2D eigenvalue weighted by molar-refractivity contribution is -0.125. The van der Waals surface area contributed by atoms with Gasteiger partial charge in [-0.05, 0) is 49.2 Å². The number of hydrogen-bond acceptors (Lipinski definition) is 7. The zero-order chi connectivity index (χ0) is 27.3. The maximum Gasteiger partial charge on any atom is 0.339 e. The van der Waals surface area contributed by atoms with E-state index >= 15 is 0 Å². The predicted molar refractivity (Wildman–Crippen MR) is 142 cm³/mol. The van der Waals surface area contributed by atoms with Crippen molar-refractivity contribution in [2.75, 3.05) is 38.7 Å². The molecule has 1 aliphatic rings. The molecule has 3 aromatic rings. The topological polar surface area (TPSA) is 111 Å². The smallest absolute Gasteiger partial charge is 0.339 e. The first-order chi connectivity index (χ1) is 18.2. The molecule has 0 bridgehead atoms. The zero-order valence-electron chi connectivity index (χ0n) is 21.5. The van der Waals surface area contributed by atoms with E-state index in [1.165, 1.54) is 23.5 Å². The van der Waals surface area contributed by atoms with Crippen molar-refractivity contribution in [1.82, 2.24) is 4.31 Å². The van der Waals surface area contributed by atoms with Gasteiger partial charge in [0.1, 0.15) is 5.75 Å². The zero-order valence-corrected chi connectivity index (χ0v) is 22.3. The molecule has 0 spiro atoms. The van der Waals surface area contributed by atoms with Crippen molar-refractivity contribution in [2.45, 2.75) is 24.8 Å². The first kappa shape index (κ1) is 27.3. The Morgan fingerprint density at radius 1 is 0.974 bits per heavy atom. The summed E-state index contributed by atoms with van der Waals surface area (Å²) in [5, 5.41) is 2.80. The van der Waals surface area contributed by atoms with Gasteiger partial charge >= 0.3 is 5.97 Å². The number of aryl methyl sites for hydroxylation is 2. The number of sulfonamides is 1. The van der Waals surface area contributed by atoms with Crippen molar-refractivity contribution in [3.05, 3.63) is 89.0 Å². The molecule has 4 rings (SSSR count). The molecule has 1 saturated heterocycles. The second-order valence-electron chi connectivity index (χ2n) is 8.88. The number of rotatable bonds is 8. The Hall–Kier alpha value is -3.73. The fraction of sp³-hybridized carbons (Fsp3) is 0.286. The van der Waals surface area contributed by atoms with Gasteiger partial charge in [0, 0.05) is 18.7 Å². The first-order valence-corrected chi connectivity index (χ1v) is 13.5. The maximum atomic E-state index is 13.4. The summed E-state index contributed by atoms with van der Waals surface area (Å²) >= 11 is 0. The highest BCUT2D eigenvalue weighted by molar-refractivity contribution is 7.89. The molecule has 1 aliphatic heterocycles. The minimum Gasteiger partial charge on any atom is -0.495 e. The Bertz CT molecular complexity index is 1420. The molecule has 1 heterocycles. The van der Waals surface area contributed by atoms with Crippen LogP contribution in [0.1, 0.15) is 33.2 Å². The van der Waals surface area contributed by atoms with E-state index in [4.69, 9.17) is 14.2 Å². The van der Waals surface area contributed by atoms with E-state index in [1.807, 2.05) is 13.0 Å². The molecule has 0 aromatic heterocycles. The van der Waals surface area contributed by atoms with Crippen LogP contribution in [0.25, 0.3) is 0 Å². The summed E-state index contributed by atoms with van der Waals surface area (Å²) in [4.78, 5) is 26.8. The van der Waals surface area contributed by atoms with Gasteiger partial charge in [0.25, 0.3) is 5.91 Å². The molecule has 1 fully saturated rings. The third-order valence-electron chi connectivity index (χ3n) is 6.21. The van der Waals surface area contributed by atoms with Crippen LogP contribution in [0, 0.1) is 13.8 Å². The molecule has 9 nitrogen and oxygen atoms in total. The highest BCUT2D eigenvalue weighted by atomic mass is 32.2. The van der Waals surface area contributed by atoms with Crippen molar-refractivity contribution in [1.29, 1.82) is 0 Å². The number of amides is 1. The number of nitrogens with zero attached hydrogens (tertiary/aromatic N) is 1. The van der Waals surface area contributed by atoms with Crippen molar-refractivity contribution in [3.63, 3.8) is 0 Å². The van der Waals surface area contributed by atoms with E-state index in [9.17, 15) is 18.0 Å². The molecular formula is C28H30N2O7S. The Balaban J connectivity index is 1.63. The molecule has 10 heteroatoms. The summed E-state index contributed by atoms with van der Waals surface area (Å²) in [5.41, 5.74) is 2.37. The average molecular weight is 539 g/mol. The van der Waals surface area contributed by atoms with Gasteiger partial charge < -0.3 is 19.5 Å². The molecule has 1 unspecified atom stereocenters. The summed E-state index contributed by atoms with van der Waals surface area (Å²) in [6.07, 6.45) is -1.30. The minimum absolute atomic E-state index is 0.0258. The van der Waals surface area contributed by atoms with Crippen LogP contribution in [-0.4, -0.2) is 58.0 Å². The number of ether oxygens (including phenoxy) is 3. The van der Waals surface area contributed by atoms with Gasteiger partial charge in [0.05, 0.1) is 36.5 Å². The van der Waals surface area contributed by atoms with Crippen LogP contribution < -0.4 is 10.1 Å². The number of morpholine rings is 1. The van der Waals surface area contributed by atoms with Crippen molar-refractivity contribution < 1.29 is 32.2 Å². The summed E-state index contributed by atoms with van der Waals surface area (Å²) < 4.78 is 44.0. The van der Waals surface area contributed by atoms with Crippen LogP contribution in [0.15, 0.2) is 71.6 Å². The maximum absolute atomic E-state index is 13.4. The summed E-state index contributed by atoms with van der Waals surface area (Å²) in [5.74, 6) is -0.941. The van der Waals surface area contributed by atoms with Gasteiger partial charge in [0.15, 0.2) is 0 Å². The second-order valence-corrected chi connectivity index (χ2v) is 10.8. The lowest BCUT2D eigenvalue weighted by Gasteiger charge is -2.26. The Morgan fingerprint density at radius 3 is 2.37 bits per heavy atom. The lowest BCUT2D eigenvalue weighted by Crippen LogP contribution is -2.40. The van der Waals surface area contributed by atoms with Gasteiger partial charge in [-0.15, -0.1) is 0 Å². The fourth-order valence-electron chi connectivity index (χ4n) is 4.11. The van der Waals surface area contributed by atoms with Crippen molar-refractivity contribution in [3.8, 4) is 5.75 Å². The quantitative estimate of drug-likeness (QED) is 0.434. The molecule has 3 aromatic carbocycles. The number of carbonyl (C=O) groups excluding carboxylic acids is 2. The monoisotopic (exact) mass is 538 g/mol. The Kier molecular flexibility index (Phi) is 8.45. The molecule has 1 N–H and O–H groups in total. The van der Waals surface area contributed by atoms with Crippen LogP contribution >= 0.6 is 0 Å². The summed E-state index contributed by atoms with van der Waals surface area (Å²) in [6, 6.07) is 18.3. The highest BCUT2D eigenvalue weighted by Crippen LogP contribution is 2.29. The second kappa shape index (κ2) is 11.8. The van der Waals surface area contributed by atoms with E-state index < -0.39 is 28.0 Å². The number of esters is 1. The summed E-state index contributed by atoms with van der Waals surface area (Å²) in [6.45, 7) is 4.63. The van der Waals surface area contributed by atoms with Gasteiger partial charge in [0.2, 0.25) is 16.1 Å².